The predicted octanol–water partition coefficient (Wildman–Crippen LogP) is 4.02. The fourth-order valence-corrected chi connectivity index (χ4v) is 2.72. The molecule has 0 unspecified atom stereocenters. The Balaban J connectivity index is 1.48. The lowest BCUT2D eigenvalue weighted by molar-refractivity contribution is -0.137. The van der Waals surface area contributed by atoms with Crippen molar-refractivity contribution in [2.24, 2.45) is 0 Å². The second-order valence-corrected chi connectivity index (χ2v) is 6.38. The molecule has 0 aliphatic rings. The van der Waals surface area contributed by atoms with Gasteiger partial charge in [-0.15, -0.1) is 0 Å². The molecule has 1 amide bonds. The number of amides is 1. The van der Waals surface area contributed by atoms with Gasteiger partial charge >= 0.3 is 5.97 Å². The van der Waals surface area contributed by atoms with Crippen molar-refractivity contribution >= 4 is 23.6 Å². The van der Waals surface area contributed by atoms with Crippen LogP contribution in [0.15, 0.2) is 73.1 Å². The number of para-hydroxylation sites is 1. The second-order valence-electron chi connectivity index (χ2n) is 6.38. The lowest BCUT2D eigenvalue weighted by Gasteiger charge is -2.05. The zero-order valence-corrected chi connectivity index (χ0v) is 16.2. The normalized spacial score (nSPS) is 10.8. The van der Waals surface area contributed by atoms with Gasteiger partial charge in [0.15, 0.2) is 0 Å². The zero-order valence-electron chi connectivity index (χ0n) is 16.2. The van der Waals surface area contributed by atoms with Crippen molar-refractivity contribution < 1.29 is 14.3 Å². The maximum atomic E-state index is 12.2. The van der Waals surface area contributed by atoms with Crippen molar-refractivity contribution in [1.29, 1.82) is 0 Å². The topological polar surface area (TPSA) is 73.2 Å². The van der Waals surface area contributed by atoms with Crippen LogP contribution in [0.1, 0.15) is 24.5 Å². The van der Waals surface area contributed by atoms with E-state index in [2.05, 4.69) is 10.4 Å². The van der Waals surface area contributed by atoms with E-state index in [1.54, 1.807) is 36.0 Å². The quantitative estimate of drug-likeness (QED) is 0.466. The number of anilines is 1. The van der Waals surface area contributed by atoms with Gasteiger partial charge in [-0.3, -0.25) is 4.79 Å². The number of nitrogens with zero attached hydrogens (tertiary/aromatic N) is 2. The number of carbonyl (C=O) groups excluding carboxylic acids is 2. The maximum absolute atomic E-state index is 12.2. The van der Waals surface area contributed by atoms with E-state index in [1.807, 2.05) is 48.7 Å². The third-order valence-electron chi connectivity index (χ3n) is 4.19. The highest BCUT2D eigenvalue weighted by Crippen LogP contribution is 2.13. The van der Waals surface area contributed by atoms with Crippen LogP contribution in [0.3, 0.4) is 0 Å². The van der Waals surface area contributed by atoms with Gasteiger partial charge in [0.1, 0.15) is 0 Å². The molecule has 3 rings (SSSR count). The van der Waals surface area contributed by atoms with Crippen molar-refractivity contribution in [2.75, 3.05) is 11.9 Å². The molecule has 0 atom stereocenters. The van der Waals surface area contributed by atoms with Crippen LogP contribution in [0.25, 0.3) is 11.8 Å². The number of aryl methyl sites for hydroxylation is 1. The van der Waals surface area contributed by atoms with Gasteiger partial charge in [-0.1, -0.05) is 30.3 Å². The Morgan fingerprint density at radius 3 is 2.59 bits per heavy atom. The summed E-state index contributed by atoms with van der Waals surface area (Å²) in [5, 5.41) is 7.23. The summed E-state index contributed by atoms with van der Waals surface area (Å²) in [7, 11) is 0. The van der Waals surface area contributed by atoms with Gasteiger partial charge in [-0.05, 0) is 54.8 Å². The van der Waals surface area contributed by atoms with Crippen molar-refractivity contribution in [3.63, 3.8) is 0 Å². The van der Waals surface area contributed by atoms with Gasteiger partial charge in [-0.2, -0.15) is 5.10 Å². The summed E-state index contributed by atoms with van der Waals surface area (Å²) >= 11 is 0. The van der Waals surface area contributed by atoms with Crippen LogP contribution >= 0.6 is 0 Å². The van der Waals surface area contributed by atoms with Gasteiger partial charge in [0.2, 0.25) is 5.91 Å². The highest BCUT2D eigenvalue weighted by molar-refractivity contribution is 5.91. The van der Waals surface area contributed by atoms with Crippen LogP contribution in [0.5, 0.6) is 0 Å². The highest BCUT2D eigenvalue weighted by atomic mass is 16.5. The van der Waals surface area contributed by atoms with E-state index in [-0.39, 0.29) is 11.9 Å². The van der Waals surface area contributed by atoms with Crippen LogP contribution < -0.4 is 5.32 Å². The van der Waals surface area contributed by atoms with Gasteiger partial charge in [-0.25, -0.2) is 9.48 Å². The Labute approximate surface area is 169 Å². The fourth-order valence-electron chi connectivity index (χ4n) is 2.72. The minimum absolute atomic E-state index is 0.0627. The monoisotopic (exact) mass is 389 g/mol. The first-order chi connectivity index (χ1) is 14.1. The molecule has 0 bridgehead atoms. The largest absolute Gasteiger partial charge is 0.463 e. The van der Waals surface area contributed by atoms with Crippen LogP contribution in [-0.4, -0.2) is 28.3 Å². The molecule has 0 radical (unpaired) electrons. The van der Waals surface area contributed by atoms with Crippen molar-refractivity contribution in [2.45, 2.75) is 19.8 Å². The minimum Gasteiger partial charge on any atom is -0.463 e. The first kappa shape index (κ1) is 20.1. The molecule has 6 heteroatoms. The molecule has 0 saturated heterocycles. The highest BCUT2D eigenvalue weighted by Gasteiger charge is 2.06. The van der Waals surface area contributed by atoms with Gasteiger partial charge in [0.05, 0.1) is 18.5 Å². The molecule has 3 aromatic rings. The summed E-state index contributed by atoms with van der Waals surface area (Å²) < 4.78 is 6.64. The smallest absolute Gasteiger partial charge is 0.330 e. The zero-order chi connectivity index (χ0) is 20.5. The van der Waals surface area contributed by atoms with Crippen molar-refractivity contribution in [1.82, 2.24) is 9.78 Å². The molecule has 1 N–H and O–H groups in total. The van der Waals surface area contributed by atoms with E-state index in [0.29, 0.717) is 25.1 Å². The summed E-state index contributed by atoms with van der Waals surface area (Å²) in [5.74, 6) is -0.437. The number of aromatic nitrogens is 2. The number of hydrogen-bond acceptors (Lipinski definition) is 4. The van der Waals surface area contributed by atoms with E-state index in [9.17, 15) is 9.59 Å². The standard InChI is InChI=1S/C23H23N3O3/c1-2-29-23(28)15-11-18-8-12-20(13-9-18)25-22(27)14-10-19-16-24-26(17-19)21-6-4-3-5-7-21/h3-9,11-13,15-17H,2,10,14H2,1H3,(H,25,27). The number of esters is 1. The van der Waals surface area contributed by atoms with Crippen LogP contribution in [-0.2, 0) is 20.7 Å². The summed E-state index contributed by atoms with van der Waals surface area (Å²) in [6, 6.07) is 17.1. The summed E-state index contributed by atoms with van der Waals surface area (Å²) in [6.07, 6.45) is 7.75. The number of nitrogens with one attached hydrogen (secondary N) is 1. The molecule has 0 aliphatic carbocycles. The van der Waals surface area contributed by atoms with Gasteiger partial charge < -0.3 is 10.1 Å². The molecule has 1 heterocycles. The SMILES string of the molecule is CCOC(=O)C=Cc1ccc(NC(=O)CCc2cnn(-c3ccccc3)c2)cc1. The molecule has 29 heavy (non-hydrogen) atoms. The third-order valence-corrected chi connectivity index (χ3v) is 4.19. The average molecular weight is 389 g/mol. The van der Waals surface area contributed by atoms with Gasteiger partial charge in [0, 0.05) is 24.4 Å². The molecule has 0 saturated carbocycles. The second kappa shape index (κ2) is 10.0. The molecule has 0 aliphatic heterocycles. The Kier molecular flexibility index (Phi) is 6.95. The predicted molar refractivity (Wildman–Crippen MR) is 113 cm³/mol. The van der Waals surface area contributed by atoms with Crippen molar-refractivity contribution in [3.8, 4) is 5.69 Å². The first-order valence-electron chi connectivity index (χ1n) is 9.48. The number of carbonyl (C=O) groups is 2. The van der Waals surface area contributed by atoms with Crippen LogP contribution in [0.2, 0.25) is 0 Å². The lowest BCUT2D eigenvalue weighted by Crippen LogP contribution is -2.12. The first-order valence-corrected chi connectivity index (χ1v) is 9.48. The number of hydrogen-bond donors (Lipinski definition) is 1. The Hall–Kier alpha value is -3.67. The van der Waals surface area contributed by atoms with E-state index in [4.69, 9.17) is 4.74 Å². The van der Waals surface area contributed by atoms with E-state index < -0.39 is 0 Å². The maximum Gasteiger partial charge on any atom is 0.330 e. The molecule has 2 aromatic carbocycles. The van der Waals surface area contributed by atoms with Crippen molar-refractivity contribution in [3.05, 3.63) is 84.2 Å². The van der Waals surface area contributed by atoms with Crippen LogP contribution in [0, 0.1) is 0 Å². The molecular formula is C23H23N3O3. The average Bonchev–Trinajstić information content (AvgIpc) is 3.22. The Morgan fingerprint density at radius 2 is 1.86 bits per heavy atom. The minimum atomic E-state index is -0.375. The van der Waals surface area contributed by atoms with E-state index >= 15 is 0 Å². The Bertz CT molecular complexity index is 976. The number of ether oxygens (including phenoxy) is 1. The summed E-state index contributed by atoms with van der Waals surface area (Å²) in [4.78, 5) is 23.5. The molecule has 6 nitrogen and oxygen atoms in total. The number of benzene rings is 2. The van der Waals surface area contributed by atoms with Crippen LogP contribution in [0.4, 0.5) is 5.69 Å². The lowest BCUT2D eigenvalue weighted by atomic mass is 10.1. The van der Waals surface area contributed by atoms with E-state index in [0.717, 1.165) is 16.8 Å². The summed E-state index contributed by atoms with van der Waals surface area (Å²) in [5.41, 5.74) is 3.55. The third kappa shape index (κ3) is 6.17. The Morgan fingerprint density at radius 1 is 1.10 bits per heavy atom. The van der Waals surface area contributed by atoms with Gasteiger partial charge in [0.25, 0.3) is 0 Å². The molecular weight excluding hydrogens is 366 g/mol. The van der Waals surface area contributed by atoms with E-state index in [1.165, 1.54) is 6.08 Å². The number of rotatable bonds is 8. The molecule has 1 aromatic heterocycles. The summed E-state index contributed by atoms with van der Waals surface area (Å²) in [6.45, 7) is 2.11. The molecule has 0 spiro atoms. The fraction of sp³-hybridized carbons (Fsp3) is 0.174. The molecule has 148 valence electrons. The molecule has 0 fully saturated rings.